The van der Waals surface area contributed by atoms with Gasteiger partial charge in [-0.05, 0) is 45.5 Å². The molecule has 0 heterocycles. The molecule has 1 unspecified atom stereocenters. The van der Waals surface area contributed by atoms with E-state index in [1.807, 2.05) is 20.8 Å². The van der Waals surface area contributed by atoms with Gasteiger partial charge in [-0.3, -0.25) is 14.5 Å². The molecule has 1 amide bonds. The van der Waals surface area contributed by atoms with E-state index in [1.165, 1.54) is 12.1 Å². The first-order chi connectivity index (χ1) is 11.0. The van der Waals surface area contributed by atoms with Gasteiger partial charge in [-0.2, -0.15) is 0 Å². The number of rotatable bonds is 7. The molecule has 0 radical (unpaired) electrons. The Kier molecular flexibility index (Phi) is 6.90. The van der Waals surface area contributed by atoms with Crippen LogP contribution in [0.4, 0.5) is 4.39 Å². The number of aliphatic carboxylic acids is 1. The molecule has 1 N–H and O–H groups in total. The van der Waals surface area contributed by atoms with Crippen LogP contribution >= 0.6 is 0 Å². The van der Waals surface area contributed by atoms with Crippen molar-refractivity contribution in [3.05, 3.63) is 35.6 Å². The Balaban J connectivity index is 2.81. The van der Waals surface area contributed by atoms with Crippen molar-refractivity contribution in [3.8, 4) is 0 Å². The van der Waals surface area contributed by atoms with Crippen LogP contribution < -0.4 is 0 Å². The number of benzene rings is 1. The maximum atomic E-state index is 13.4. The number of carboxylic acid groups (broad SMARTS) is 1. The molecule has 0 fully saturated rings. The standard InChI is InChI=1S/C18H27FN2O3/c1-13(17(23)24)10-20(5)12-16(22)21(18(2,3)4)11-14-7-6-8-15(19)9-14/h6-9,13H,10-12H2,1-5H3,(H,23,24). The highest BCUT2D eigenvalue weighted by Gasteiger charge is 2.27. The maximum absolute atomic E-state index is 13.4. The highest BCUT2D eigenvalue weighted by Crippen LogP contribution is 2.18. The van der Waals surface area contributed by atoms with E-state index < -0.39 is 17.4 Å². The first kappa shape index (κ1) is 20.1. The van der Waals surface area contributed by atoms with Gasteiger partial charge in [0.1, 0.15) is 5.82 Å². The molecule has 0 aromatic heterocycles. The molecule has 1 rings (SSSR count). The van der Waals surface area contributed by atoms with E-state index >= 15 is 0 Å². The monoisotopic (exact) mass is 338 g/mol. The van der Waals surface area contributed by atoms with Gasteiger partial charge in [-0.1, -0.05) is 19.1 Å². The molecule has 6 heteroatoms. The minimum atomic E-state index is -0.887. The fourth-order valence-corrected chi connectivity index (χ4v) is 2.44. The van der Waals surface area contributed by atoms with Crippen LogP contribution in [-0.4, -0.2) is 52.5 Å². The second kappa shape index (κ2) is 8.24. The number of carbonyl (C=O) groups is 2. The number of likely N-dealkylation sites (N-methyl/N-ethyl adjacent to an activating group) is 1. The lowest BCUT2D eigenvalue weighted by Gasteiger charge is -2.37. The largest absolute Gasteiger partial charge is 0.481 e. The van der Waals surface area contributed by atoms with Gasteiger partial charge in [0.25, 0.3) is 0 Å². The summed E-state index contributed by atoms with van der Waals surface area (Å²) < 4.78 is 13.4. The van der Waals surface area contributed by atoms with Gasteiger partial charge in [0.2, 0.25) is 5.91 Å². The van der Waals surface area contributed by atoms with E-state index in [9.17, 15) is 14.0 Å². The Labute approximate surface area is 143 Å². The molecule has 1 atom stereocenters. The number of halogens is 1. The van der Waals surface area contributed by atoms with Crippen LogP contribution in [0.25, 0.3) is 0 Å². The summed E-state index contributed by atoms with van der Waals surface area (Å²) in [4.78, 5) is 27.0. The summed E-state index contributed by atoms with van der Waals surface area (Å²) in [6.45, 7) is 8.08. The maximum Gasteiger partial charge on any atom is 0.307 e. The molecule has 134 valence electrons. The highest BCUT2D eigenvalue weighted by molar-refractivity contribution is 5.79. The average molecular weight is 338 g/mol. The first-order valence-electron chi connectivity index (χ1n) is 7.97. The first-order valence-corrected chi connectivity index (χ1v) is 7.97. The molecule has 0 spiro atoms. The lowest BCUT2D eigenvalue weighted by molar-refractivity contribution is -0.143. The van der Waals surface area contributed by atoms with Gasteiger partial charge in [0.15, 0.2) is 0 Å². The van der Waals surface area contributed by atoms with Gasteiger partial charge < -0.3 is 10.0 Å². The van der Waals surface area contributed by atoms with Crippen LogP contribution in [-0.2, 0) is 16.1 Å². The summed E-state index contributed by atoms with van der Waals surface area (Å²) in [6.07, 6.45) is 0. The van der Waals surface area contributed by atoms with Crippen molar-refractivity contribution in [1.29, 1.82) is 0 Å². The molecule has 0 aliphatic heterocycles. The smallest absolute Gasteiger partial charge is 0.307 e. The van der Waals surface area contributed by atoms with E-state index in [2.05, 4.69) is 0 Å². The van der Waals surface area contributed by atoms with Crippen molar-refractivity contribution in [2.75, 3.05) is 20.1 Å². The minimum absolute atomic E-state index is 0.115. The van der Waals surface area contributed by atoms with Crippen molar-refractivity contribution in [3.63, 3.8) is 0 Å². The zero-order valence-corrected chi connectivity index (χ0v) is 15.0. The number of nitrogens with zero attached hydrogens (tertiary/aromatic N) is 2. The van der Waals surface area contributed by atoms with E-state index in [4.69, 9.17) is 5.11 Å². The Morgan fingerprint density at radius 3 is 2.42 bits per heavy atom. The molecule has 0 aliphatic rings. The van der Waals surface area contributed by atoms with Crippen molar-refractivity contribution >= 4 is 11.9 Å². The van der Waals surface area contributed by atoms with Crippen LogP contribution in [0.3, 0.4) is 0 Å². The fraction of sp³-hybridized carbons (Fsp3) is 0.556. The van der Waals surface area contributed by atoms with Gasteiger partial charge in [0, 0.05) is 18.6 Å². The lowest BCUT2D eigenvalue weighted by atomic mass is 10.0. The zero-order valence-electron chi connectivity index (χ0n) is 15.0. The molecule has 24 heavy (non-hydrogen) atoms. The Morgan fingerprint density at radius 2 is 1.92 bits per heavy atom. The number of hydrogen-bond donors (Lipinski definition) is 1. The molecule has 0 bridgehead atoms. The molecular weight excluding hydrogens is 311 g/mol. The van der Waals surface area contributed by atoms with Crippen molar-refractivity contribution in [2.45, 2.75) is 39.8 Å². The summed E-state index contributed by atoms with van der Waals surface area (Å²) in [6, 6.07) is 6.19. The number of amides is 1. The van der Waals surface area contributed by atoms with E-state index in [-0.39, 0.29) is 18.3 Å². The Hall–Kier alpha value is -1.95. The summed E-state index contributed by atoms with van der Waals surface area (Å²) in [5.41, 5.74) is 0.294. The van der Waals surface area contributed by atoms with Crippen molar-refractivity contribution in [2.24, 2.45) is 5.92 Å². The van der Waals surface area contributed by atoms with Crippen molar-refractivity contribution in [1.82, 2.24) is 9.80 Å². The molecule has 0 aliphatic carbocycles. The Bertz CT molecular complexity index is 584. The summed E-state index contributed by atoms with van der Waals surface area (Å²) >= 11 is 0. The number of carbonyl (C=O) groups excluding carboxylic acids is 1. The van der Waals surface area contributed by atoms with Gasteiger partial charge in [-0.25, -0.2) is 4.39 Å². The molecular formula is C18H27FN2O3. The zero-order chi connectivity index (χ0) is 18.5. The van der Waals surface area contributed by atoms with Crippen LogP contribution in [0.1, 0.15) is 33.3 Å². The van der Waals surface area contributed by atoms with E-state index in [0.717, 1.165) is 5.56 Å². The third kappa shape index (κ3) is 6.28. The molecule has 1 aromatic carbocycles. The molecule has 0 saturated carbocycles. The SMILES string of the molecule is CC(CN(C)CC(=O)N(Cc1cccc(F)c1)C(C)(C)C)C(=O)O. The topological polar surface area (TPSA) is 60.9 Å². The Morgan fingerprint density at radius 1 is 1.29 bits per heavy atom. The molecule has 1 aromatic rings. The highest BCUT2D eigenvalue weighted by atomic mass is 19.1. The minimum Gasteiger partial charge on any atom is -0.481 e. The summed E-state index contributed by atoms with van der Waals surface area (Å²) in [5.74, 6) is -1.89. The summed E-state index contributed by atoms with van der Waals surface area (Å²) in [5, 5.41) is 8.97. The number of carboxylic acids is 1. The third-order valence-corrected chi connectivity index (χ3v) is 3.75. The summed E-state index contributed by atoms with van der Waals surface area (Å²) in [7, 11) is 1.72. The van der Waals surface area contributed by atoms with Crippen LogP contribution in [0.15, 0.2) is 24.3 Å². The second-order valence-corrected chi connectivity index (χ2v) is 7.22. The second-order valence-electron chi connectivity index (χ2n) is 7.22. The number of hydrogen-bond acceptors (Lipinski definition) is 3. The predicted molar refractivity (Wildman–Crippen MR) is 91.0 cm³/mol. The van der Waals surface area contributed by atoms with Crippen molar-refractivity contribution < 1.29 is 19.1 Å². The predicted octanol–water partition coefficient (Wildman–Crippen LogP) is 2.61. The van der Waals surface area contributed by atoms with Crippen LogP contribution in [0.5, 0.6) is 0 Å². The third-order valence-electron chi connectivity index (χ3n) is 3.75. The quantitative estimate of drug-likeness (QED) is 0.830. The lowest BCUT2D eigenvalue weighted by Crippen LogP contribution is -2.49. The van der Waals surface area contributed by atoms with Gasteiger partial charge in [0.05, 0.1) is 12.5 Å². The van der Waals surface area contributed by atoms with Crippen LogP contribution in [0, 0.1) is 11.7 Å². The van der Waals surface area contributed by atoms with E-state index in [1.54, 1.807) is 35.9 Å². The fourth-order valence-electron chi connectivity index (χ4n) is 2.44. The molecule has 0 saturated heterocycles. The molecule has 5 nitrogen and oxygen atoms in total. The van der Waals surface area contributed by atoms with Gasteiger partial charge in [-0.15, -0.1) is 0 Å². The normalized spacial score (nSPS) is 13.0. The van der Waals surface area contributed by atoms with Gasteiger partial charge >= 0.3 is 5.97 Å². The van der Waals surface area contributed by atoms with Crippen LogP contribution in [0.2, 0.25) is 0 Å². The van der Waals surface area contributed by atoms with E-state index in [0.29, 0.717) is 13.1 Å². The average Bonchev–Trinajstić information content (AvgIpc) is 2.43.